The topological polar surface area (TPSA) is 0 Å². The lowest BCUT2D eigenvalue weighted by molar-refractivity contribution is -0.138. The van der Waals surface area contributed by atoms with Crippen molar-refractivity contribution in [1.29, 1.82) is 0 Å². The van der Waals surface area contributed by atoms with Crippen LogP contribution in [0.1, 0.15) is 36.0 Å². The van der Waals surface area contributed by atoms with E-state index in [1.165, 1.54) is 18.2 Å². The lowest BCUT2D eigenvalue weighted by Gasteiger charge is -2.19. The van der Waals surface area contributed by atoms with Crippen LogP contribution in [-0.4, -0.2) is 0 Å². The highest BCUT2D eigenvalue weighted by molar-refractivity contribution is 5.41. The molecule has 1 unspecified atom stereocenters. The van der Waals surface area contributed by atoms with Gasteiger partial charge in [-0.05, 0) is 24.5 Å². The molecule has 93 valence electrons. The molecule has 0 nitrogen and oxygen atoms in total. The molecular formula is C14H16F3. The van der Waals surface area contributed by atoms with E-state index in [0.29, 0.717) is 18.4 Å². The molecule has 0 bridgehead atoms. The normalized spacial score (nSPS) is 13.5. The molecule has 1 aromatic carbocycles. The molecule has 17 heavy (non-hydrogen) atoms. The van der Waals surface area contributed by atoms with Gasteiger partial charge in [-0.3, -0.25) is 0 Å². The van der Waals surface area contributed by atoms with Crippen molar-refractivity contribution in [2.45, 2.75) is 31.9 Å². The van der Waals surface area contributed by atoms with Crippen LogP contribution >= 0.6 is 0 Å². The Morgan fingerprint density at radius 2 is 2.00 bits per heavy atom. The minimum atomic E-state index is -4.33. The van der Waals surface area contributed by atoms with Crippen molar-refractivity contribution in [1.82, 2.24) is 0 Å². The second-order valence-corrected chi connectivity index (χ2v) is 3.97. The number of hydrogen-bond acceptors (Lipinski definition) is 0. The zero-order chi connectivity index (χ0) is 13.1. The summed E-state index contributed by atoms with van der Waals surface area (Å²) in [6.07, 6.45) is -1.80. The Balaban J connectivity index is 3.39. The Kier molecular flexibility index (Phi) is 4.38. The Morgan fingerprint density at radius 1 is 1.35 bits per heavy atom. The van der Waals surface area contributed by atoms with Crippen LogP contribution in [0.3, 0.4) is 0 Å². The Labute approximate surface area is 100 Å². The van der Waals surface area contributed by atoms with E-state index in [2.05, 4.69) is 13.5 Å². The second-order valence-electron chi connectivity index (χ2n) is 3.97. The maximum absolute atomic E-state index is 13.1. The molecule has 0 spiro atoms. The summed E-state index contributed by atoms with van der Waals surface area (Å²) in [5.74, 6) is -0.538. The van der Waals surface area contributed by atoms with Gasteiger partial charge in [0.25, 0.3) is 0 Å². The summed E-state index contributed by atoms with van der Waals surface area (Å²) < 4.78 is 39.2. The fourth-order valence-electron chi connectivity index (χ4n) is 1.88. The van der Waals surface area contributed by atoms with Gasteiger partial charge in [-0.2, -0.15) is 13.2 Å². The standard InChI is InChI=1S/C14H16F3/c1-4-7-11-8-6-9-12(10(3)5-2)13(11)14(15,16)17/h5-6,8-10H,2-4,7H2,1H3. The first-order valence-corrected chi connectivity index (χ1v) is 5.56. The molecule has 0 amide bonds. The maximum atomic E-state index is 13.1. The van der Waals surface area contributed by atoms with Crippen LogP contribution < -0.4 is 0 Å². The van der Waals surface area contributed by atoms with E-state index < -0.39 is 17.7 Å². The third kappa shape index (κ3) is 3.11. The fraction of sp³-hybridized carbons (Fsp3) is 0.357. The first kappa shape index (κ1) is 13.8. The molecular weight excluding hydrogens is 225 g/mol. The van der Waals surface area contributed by atoms with Gasteiger partial charge in [-0.15, -0.1) is 6.58 Å². The summed E-state index contributed by atoms with van der Waals surface area (Å²) in [6.45, 7) is 9.05. The minimum Gasteiger partial charge on any atom is -0.166 e. The molecule has 1 aromatic rings. The molecule has 0 N–H and O–H groups in total. The lowest BCUT2D eigenvalue weighted by Crippen LogP contribution is -2.14. The Hall–Kier alpha value is -1.25. The largest absolute Gasteiger partial charge is 0.416 e. The van der Waals surface area contributed by atoms with Gasteiger partial charge in [0.15, 0.2) is 0 Å². The van der Waals surface area contributed by atoms with E-state index >= 15 is 0 Å². The van der Waals surface area contributed by atoms with E-state index in [9.17, 15) is 13.2 Å². The van der Waals surface area contributed by atoms with Gasteiger partial charge in [0.05, 0.1) is 5.56 Å². The molecule has 1 radical (unpaired) electrons. The van der Waals surface area contributed by atoms with Gasteiger partial charge in [0.1, 0.15) is 0 Å². The molecule has 0 aromatic heterocycles. The van der Waals surface area contributed by atoms with Crippen LogP contribution in [0.4, 0.5) is 13.2 Å². The number of alkyl halides is 3. The zero-order valence-corrected chi connectivity index (χ0v) is 9.85. The predicted molar refractivity (Wildman–Crippen MR) is 63.7 cm³/mol. The van der Waals surface area contributed by atoms with Gasteiger partial charge >= 0.3 is 6.18 Å². The van der Waals surface area contributed by atoms with Crippen molar-refractivity contribution in [3.63, 3.8) is 0 Å². The molecule has 0 aliphatic carbocycles. The molecule has 0 saturated heterocycles. The van der Waals surface area contributed by atoms with Crippen LogP contribution in [0.15, 0.2) is 30.9 Å². The number of hydrogen-bond donors (Lipinski definition) is 0. The van der Waals surface area contributed by atoms with Crippen LogP contribution in [0.25, 0.3) is 0 Å². The summed E-state index contributed by atoms with van der Waals surface area (Å²) in [6, 6.07) is 4.66. The highest BCUT2D eigenvalue weighted by Gasteiger charge is 2.36. The van der Waals surface area contributed by atoms with Crippen molar-refractivity contribution in [2.24, 2.45) is 0 Å². The smallest absolute Gasteiger partial charge is 0.166 e. The van der Waals surface area contributed by atoms with Gasteiger partial charge in [0, 0.05) is 5.92 Å². The van der Waals surface area contributed by atoms with Crippen LogP contribution in [0, 0.1) is 6.92 Å². The fourth-order valence-corrected chi connectivity index (χ4v) is 1.88. The van der Waals surface area contributed by atoms with Gasteiger partial charge in [-0.1, -0.05) is 37.6 Å². The third-order valence-electron chi connectivity index (χ3n) is 2.67. The molecule has 0 fully saturated rings. The van der Waals surface area contributed by atoms with Crippen molar-refractivity contribution >= 4 is 0 Å². The summed E-state index contributed by atoms with van der Waals surface area (Å²) in [7, 11) is 0. The quantitative estimate of drug-likeness (QED) is 0.666. The minimum absolute atomic E-state index is 0.207. The molecule has 3 heteroatoms. The first-order valence-electron chi connectivity index (χ1n) is 5.56. The number of halogens is 3. The monoisotopic (exact) mass is 241 g/mol. The summed E-state index contributed by atoms with van der Waals surface area (Å²) in [5, 5.41) is 0. The Morgan fingerprint density at radius 3 is 2.47 bits per heavy atom. The molecule has 0 aliphatic heterocycles. The van der Waals surface area contributed by atoms with Crippen molar-refractivity contribution < 1.29 is 13.2 Å². The summed E-state index contributed by atoms with van der Waals surface area (Å²) >= 11 is 0. The van der Waals surface area contributed by atoms with E-state index in [1.54, 1.807) is 6.07 Å². The molecule has 0 aliphatic rings. The number of aryl methyl sites for hydroxylation is 1. The molecule has 1 rings (SSSR count). The SMILES string of the molecule is [CH2]C(C=C)c1cccc(CCC)c1C(F)(F)F. The van der Waals surface area contributed by atoms with Gasteiger partial charge in [0.2, 0.25) is 0 Å². The van der Waals surface area contributed by atoms with Gasteiger partial charge < -0.3 is 0 Å². The van der Waals surface area contributed by atoms with E-state index in [4.69, 9.17) is 0 Å². The summed E-state index contributed by atoms with van der Waals surface area (Å²) in [4.78, 5) is 0. The molecule has 1 atom stereocenters. The Bertz CT molecular complexity index is 391. The van der Waals surface area contributed by atoms with E-state index in [1.807, 2.05) is 6.92 Å². The van der Waals surface area contributed by atoms with Crippen molar-refractivity contribution in [3.8, 4) is 0 Å². The van der Waals surface area contributed by atoms with Crippen LogP contribution in [0.5, 0.6) is 0 Å². The summed E-state index contributed by atoms with van der Waals surface area (Å²) in [5.41, 5.74) is 0.00759. The third-order valence-corrected chi connectivity index (χ3v) is 2.67. The van der Waals surface area contributed by atoms with E-state index in [0.717, 1.165) is 0 Å². The zero-order valence-electron chi connectivity index (χ0n) is 9.85. The number of allylic oxidation sites excluding steroid dienone is 1. The average Bonchev–Trinajstić information content (AvgIpc) is 2.26. The number of benzene rings is 1. The van der Waals surface area contributed by atoms with Crippen molar-refractivity contribution in [3.05, 3.63) is 54.5 Å². The maximum Gasteiger partial charge on any atom is 0.416 e. The van der Waals surface area contributed by atoms with Gasteiger partial charge in [-0.25, -0.2) is 0 Å². The number of rotatable bonds is 4. The second kappa shape index (κ2) is 5.39. The highest BCUT2D eigenvalue weighted by Crippen LogP contribution is 2.38. The highest BCUT2D eigenvalue weighted by atomic mass is 19.4. The van der Waals surface area contributed by atoms with Crippen molar-refractivity contribution in [2.75, 3.05) is 0 Å². The first-order chi connectivity index (χ1) is 7.91. The molecule has 0 heterocycles. The average molecular weight is 241 g/mol. The van der Waals surface area contributed by atoms with Crippen LogP contribution in [0.2, 0.25) is 0 Å². The van der Waals surface area contributed by atoms with E-state index in [-0.39, 0.29) is 5.56 Å². The van der Waals surface area contributed by atoms with Crippen LogP contribution in [-0.2, 0) is 12.6 Å². The lowest BCUT2D eigenvalue weighted by atomic mass is 9.90. The predicted octanol–water partition coefficient (Wildman–Crippen LogP) is 4.76. The molecule has 0 saturated carbocycles.